The van der Waals surface area contributed by atoms with Crippen molar-refractivity contribution in [3.05, 3.63) is 56.5 Å². The Hall–Kier alpha value is -2.35. The molecule has 8 heteroatoms. The topological polar surface area (TPSA) is 101 Å². The van der Waals surface area contributed by atoms with E-state index >= 15 is 0 Å². The van der Waals surface area contributed by atoms with Gasteiger partial charge in [0, 0.05) is 31.1 Å². The molecule has 1 aromatic heterocycles. The van der Waals surface area contributed by atoms with Gasteiger partial charge < -0.3 is 10.3 Å². The van der Waals surface area contributed by atoms with Crippen molar-refractivity contribution < 1.29 is 4.92 Å². The van der Waals surface area contributed by atoms with Crippen LogP contribution in [0.15, 0.2) is 40.4 Å². The molecule has 0 spiro atoms. The highest BCUT2D eigenvalue weighted by atomic mass is 32.2. The Morgan fingerprint density at radius 2 is 2.25 bits per heavy atom. The van der Waals surface area contributed by atoms with Crippen LogP contribution in [0, 0.1) is 10.1 Å². The number of thioether (sulfide) groups is 1. The second-order valence-electron chi connectivity index (χ2n) is 3.85. The van der Waals surface area contributed by atoms with Crippen LogP contribution in [0.3, 0.4) is 0 Å². The van der Waals surface area contributed by atoms with Crippen LogP contribution in [-0.2, 0) is 5.75 Å². The Balaban J connectivity index is 2.23. The lowest BCUT2D eigenvalue weighted by Gasteiger charge is -2.08. The van der Waals surface area contributed by atoms with Crippen LogP contribution in [0.1, 0.15) is 5.56 Å². The first-order valence-electron chi connectivity index (χ1n) is 5.74. The quantitative estimate of drug-likeness (QED) is 0.378. The summed E-state index contributed by atoms with van der Waals surface area (Å²) in [6.45, 7) is 0. The molecule has 0 aliphatic carbocycles. The van der Waals surface area contributed by atoms with Crippen LogP contribution in [0.4, 0.5) is 11.4 Å². The van der Waals surface area contributed by atoms with Gasteiger partial charge in [0.2, 0.25) is 0 Å². The number of rotatable bonds is 5. The van der Waals surface area contributed by atoms with Gasteiger partial charge in [-0.2, -0.15) is 0 Å². The summed E-state index contributed by atoms with van der Waals surface area (Å²) >= 11 is 1.31. The number of nitro benzene ring substituents is 1. The second-order valence-corrected chi connectivity index (χ2v) is 4.81. The Morgan fingerprint density at radius 1 is 1.45 bits per heavy atom. The number of nitrogens with one attached hydrogen (secondary N) is 2. The third kappa shape index (κ3) is 3.15. The first-order valence-corrected chi connectivity index (χ1v) is 6.72. The van der Waals surface area contributed by atoms with E-state index in [1.165, 1.54) is 30.1 Å². The van der Waals surface area contributed by atoms with Crippen molar-refractivity contribution in [2.45, 2.75) is 10.9 Å². The largest absolute Gasteiger partial charge is 0.382 e. The lowest BCUT2D eigenvalue weighted by atomic mass is 10.1. The number of nitro groups is 1. The Bertz CT molecular complexity index is 686. The average molecular weight is 292 g/mol. The van der Waals surface area contributed by atoms with Crippen molar-refractivity contribution in [3.63, 3.8) is 0 Å². The van der Waals surface area contributed by atoms with Gasteiger partial charge in [-0.15, -0.1) is 0 Å². The van der Waals surface area contributed by atoms with E-state index in [0.29, 0.717) is 16.6 Å². The predicted octanol–water partition coefficient (Wildman–Crippen LogP) is 2.01. The van der Waals surface area contributed by atoms with E-state index in [-0.39, 0.29) is 11.2 Å². The smallest absolute Gasteiger partial charge is 0.292 e. The van der Waals surface area contributed by atoms with E-state index < -0.39 is 4.92 Å². The lowest BCUT2D eigenvalue weighted by molar-refractivity contribution is -0.384. The first kappa shape index (κ1) is 14.1. The molecule has 2 N–H and O–H groups in total. The second kappa shape index (κ2) is 6.20. The molecule has 0 bridgehead atoms. The van der Waals surface area contributed by atoms with Crippen molar-refractivity contribution in [2.75, 3.05) is 12.4 Å². The molecule has 0 atom stereocenters. The van der Waals surface area contributed by atoms with Crippen molar-refractivity contribution >= 4 is 23.1 Å². The molecule has 0 aliphatic rings. The fourth-order valence-electron chi connectivity index (χ4n) is 1.72. The van der Waals surface area contributed by atoms with Gasteiger partial charge >= 0.3 is 0 Å². The van der Waals surface area contributed by atoms with Crippen molar-refractivity contribution in [2.24, 2.45) is 0 Å². The Labute approximate surface area is 118 Å². The van der Waals surface area contributed by atoms with Gasteiger partial charge in [-0.25, -0.2) is 4.98 Å². The summed E-state index contributed by atoms with van der Waals surface area (Å²) in [5.41, 5.74) is 1.05. The molecular formula is C12H12N4O3S. The summed E-state index contributed by atoms with van der Waals surface area (Å²) < 4.78 is 0. The molecule has 0 unspecified atom stereocenters. The Kier molecular flexibility index (Phi) is 4.36. The van der Waals surface area contributed by atoms with E-state index in [2.05, 4.69) is 15.3 Å². The van der Waals surface area contributed by atoms with Gasteiger partial charge in [0.15, 0.2) is 5.16 Å². The molecule has 0 radical (unpaired) electrons. The predicted molar refractivity (Wildman–Crippen MR) is 77.1 cm³/mol. The van der Waals surface area contributed by atoms with Crippen LogP contribution >= 0.6 is 11.8 Å². The normalized spacial score (nSPS) is 10.2. The van der Waals surface area contributed by atoms with E-state index in [1.54, 1.807) is 19.2 Å². The van der Waals surface area contributed by atoms with Crippen molar-refractivity contribution in [3.8, 4) is 0 Å². The SMILES string of the molecule is CNc1c(CSc2nccc(=O)[nH]2)cccc1[N+](=O)[O-]. The van der Waals surface area contributed by atoms with Gasteiger partial charge in [0.25, 0.3) is 11.2 Å². The van der Waals surface area contributed by atoms with Crippen LogP contribution in [-0.4, -0.2) is 21.9 Å². The number of anilines is 1. The maximum absolute atomic E-state index is 11.2. The maximum atomic E-state index is 11.2. The number of benzene rings is 1. The molecule has 104 valence electrons. The van der Waals surface area contributed by atoms with Gasteiger partial charge in [-0.3, -0.25) is 14.9 Å². The molecule has 1 aromatic carbocycles. The summed E-state index contributed by atoms with van der Waals surface area (Å²) in [5.74, 6) is 0.463. The number of hydrogen-bond acceptors (Lipinski definition) is 6. The number of H-pyrrole nitrogens is 1. The molecule has 20 heavy (non-hydrogen) atoms. The molecule has 0 saturated heterocycles. The van der Waals surface area contributed by atoms with E-state index in [0.717, 1.165) is 5.56 Å². The molecule has 0 saturated carbocycles. The summed E-state index contributed by atoms with van der Waals surface area (Å²) in [7, 11) is 1.64. The van der Waals surface area contributed by atoms with Crippen LogP contribution in [0.5, 0.6) is 0 Å². The molecule has 2 aromatic rings. The van der Waals surface area contributed by atoms with Crippen LogP contribution in [0.2, 0.25) is 0 Å². The Morgan fingerprint density at radius 3 is 2.90 bits per heavy atom. The number of aromatic amines is 1. The zero-order valence-electron chi connectivity index (χ0n) is 10.6. The number of para-hydroxylation sites is 1. The molecule has 7 nitrogen and oxygen atoms in total. The minimum absolute atomic E-state index is 0.0279. The molecule has 0 amide bonds. The fourth-order valence-corrected chi connectivity index (χ4v) is 2.56. The average Bonchev–Trinajstić information content (AvgIpc) is 2.44. The summed E-state index contributed by atoms with van der Waals surface area (Å²) in [5, 5.41) is 14.3. The third-order valence-electron chi connectivity index (χ3n) is 2.59. The molecule has 2 rings (SSSR count). The van der Waals surface area contributed by atoms with Crippen molar-refractivity contribution in [1.29, 1.82) is 0 Å². The highest BCUT2D eigenvalue weighted by Crippen LogP contribution is 2.31. The lowest BCUT2D eigenvalue weighted by Crippen LogP contribution is -2.05. The summed E-state index contributed by atoms with van der Waals surface area (Å²) in [6.07, 6.45) is 1.42. The minimum atomic E-state index is -0.428. The minimum Gasteiger partial charge on any atom is -0.382 e. The van der Waals surface area contributed by atoms with Gasteiger partial charge in [-0.05, 0) is 5.56 Å². The number of hydrogen-bond donors (Lipinski definition) is 2. The third-order valence-corrected chi connectivity index (χ3v) is 3.52. The van der Waals surface area contributed by atoms with Gasteiger partial charge in [0.1, 0.15) is 5.69 Å². The summed E-state index contributed by atoms with van der Waals surface area (Å²) in [6, 6.07) is 6.21. The van der Waals surface area contributed by atoms with Crippen LogP contribution < -0.4 is 10.9 Å². The highest BCUT2D eigenvalue weighted by molar-refractivity contribution is 7.98. The number of aromatic nitrogens is 2. The molecule has 0 aliphatic heterocycles. The standard InChI is InChI=1S/C12H12N4O3S/c1-13-11-8(3-2-4-9(11)16(18)19)7-20-12-14-6-5-10(17)15-12/h2-6,13H,7H2,1H3,(H,14,15,17). The zero-order chi connectivity index (χ0) is 14.5. The van der Waals surface area contributed by atoms with Crippen molar-refractivity contribution in [1.82, 2.24) is 9.97 Å². The van der Waals surface area contributed by atoms with E-state index in [4.69, 9.17) is 0 Å². The molecule has 1 heterocycles. The maximum Gasteiger partial charge on any atom is 0.292 e. The van der Waals surface area contributed by atoms with Gasteiger partial charge in [-0.1, -0.05) is 23.9 Å². The first-order chi connectivity index (χ1) is 9.61. The highest BCUT2D eigenvalue weighted by Gasteiger charge is 2.16. The molecule has 0 fully saturated rings. The number of nitrogens with zero attached hydrogens (tertiary/aromatic N) is 2. The fraction of sp³-hybridized carbons (Fsp3) is 0.167. The monoisotopic (exact) mass is 292 g/mol. The molecular weight excluding hydrogens is 280 g/mol. The van der Waals surface area contributed by atoms with E-state index in [9.17, 15) is 14.9 Å². The van der Waals surface area contributed by atoms with Gasteiger partial charge in [0.05, 0.1) is 4.92 Å². The zero-order valence-corrected chi connectivity index (χ0v) is 11.4. The van der Waals surface area contributed by atoms with E-state index in [1.807, 2.05) is 0 Å². The van der Waals surface area contributed by atoms with Crippen LogP contribution in [0.25, 0.3) is 0 Å². The summed E-state index contributed by atoms with van der Waals surface area (Å²) in [4.78, 5) is 28.3.